The molecule has 0 unspecified atom stereocenters. The van der Waals surface area contributed by atoms with Gasteiger partial charge in [-0.25, -0.2) is 0 Å². The van der Waals surface area contributed by atoms with Crippen molar-refractivity contribution < 1.29 is 12.3 Å². The van der Waals surface area contributed by atoms with E-state index in [0.29, 0.717) is 11.0 Å². The molecule has 0 radical (unpaired) electrons. The standard InChI is InChI=1S/C8H7FO2SSe/c9-12(10,11)6-5-7-1-3-8(13)4-2-7/h1-6,13H/b6-5+. The van der Waals surface area contributed by atoms with Crippen LogP contribution in [-0.2, 0) is 10.2 Å². The Morgan fingerprint density at radius 3 is 2.23 bits per heavy atom. The second kappa shape index (κ2) is 4.05. The summed E-state index contributed by atoms with van der Waals surface area (Å²) in [6, 6.07) is 7.00. The zero-order valence-electron chi connectivity index (χ0n) is 6.51. The number of hydrogen-bond donors (Lipinski definition) is 0. The Bertz CT molecular complexity index is 408. The average Bonchev–Trinajstić information content (AvgIpc) is 2.02. The van der Waals surface area contributed by atoms with Crippen molar-refractivity contribution in [3.63, 3.8) is 0 Å². The van der Waals surface area contributed by atoms with Crippen LogP contribution < -0.4 is 4.46 Å². The summed E-state index contributed by atoms with van der Waals surface area (Å²) in [7, 11) is -4.52. The van der Waals surface area contributed by atoms with Crippen LogP contribution in [0.15, 0.2) is 29.7 Å². The Labute approximate surface area is 84.5 Å². The summed E-state index contributed by atoms with van der Waals surface area (Å²) in [5.41, 5.74) is 0.649. The molecule has 0 fully saturated rings. The molecular weight excluding hydrogens is 258 g/mol. The normalized spacial score (nSPS) is 12.2. The van der Waals surface area contributed by atoms with Gasteiger partial charge in [0.1, 0.15) is 0 Å². The Balaban J connectivity index is 2.88. The zero-order valence-corrected chi connectivity index (χ0v) is 9.21. The summed E-state index contributed by atoms with van der Waals surface area (Å²) in [5, 5.41) is 0.534. The number of hydrogen-bond acceptors (Lipinski definition) is 2. The summed E-state index contributed by atoms with van der Waals surface area (Å²) in [6.45, 7) is 0. The van der Waals surface area contributed by atoms with Gasteiger partial charge in [-0.15, -0.1) is 0 Å². The molecule has 0 heterocycles. The number of halogens is 1. The minimum absolute atomic E-state index is 0.534. The molecule has 0 spiro atoms. The topological polar surface area (TPSA) is 34.1 Å². The van der Waals surface area contributed by atoms with Gasteiger partial charge < -0.3 is 0 Å². The Kier molecular flexibility index (Phi) is 3.25. The molecule has 0 atom stereocenters. The quantitative estimate of drug-likeness (QED) is 0.576. The van der Waals surface area contributed by atoms with Crippen molar-refractivity contribution >= 4 is 36.8 Å². The summed E-state index contributed by atoms with van der Waals surface area (Å²) < 4.78 is 33.3. The van der Waals surface area contributed by atoms with Crippen LogP contribution in [-0.4, -0.2) is 24.4 Å². The van der Waals surface area contributed by atoms with E-state index >= 15 is 0 Å². The van der Waals surface area contributed by atoms with Crippen LogP contribution >= 0.6 is 0 Å². The predicted molar refractivity (Wildman–Crippen MR) is 52.3 cm³/mol. The maximum absolute atomic E-state index is 12.0. The third-order valence-corrected chi connectivity index (χ3v) is 2.40. The van der Waals surface area contributed by atoms with Crippen molar-refractivity contribution in [2.45, 2.75) is 0 Å². The first-order chi connectivity index (χ1) is 5.97. The van der Waals surface area contributed by atoms with Gasteiger partial charge in [-0.1, -0.05) is 0 Å². The van der Waals surface area contributed by atoms with Crippen LogP contribution in [0, 0.1) is 0 Å². The second-order valence-electron chi connectivity index (χ2n) is 2.37. The molecule has 1 aromatic carbocycles. The first kappa shape index (κ1) is 10.4. The molecule has 1 aromatic rings. The van der Waals surface area contributed by atoms with Crippen molar-refractivity contribution in [1.82, 2.24) is 0 Å². The van der Waals surface area contributed by atoms with Crippen molar-refractivity contribution in [3.05, 3.63) is 35.2 Å². The van der Waals surface area contributed by atoms with E-state index in [9.17, 15) is 12.3 Å². The predicted octanol–water partition coefficient (Wildman–Crippen LogP) is 0.483. The van der Waals surface area contributed by atoms with Crippen molar-refractivity contribution in [1.29, 1.82) is 0 Å². The van der Waals surface area contributed by atoms with Gasteiger partial charge in [-0.3, -0.25) is 0 Å². The Morgan fingerprint density at radius 1 is 1.23 bits per heavy atom. The summed E-state index contributed by atoms with van der Waals surface area (Å²) in [4.78, 5) is 0. The van der Waals surface area contributed by atoms with E-state index in [1.807, 2.05) is 0 Å². The molecule has 0 aliphatic heterocycles. The first-order valence-electron chi connectivity index (χ1n) is 3.39. The summed E-state index contributed by atoms with van der Waals surface area (Å²) in [5.74, 6) is 0. The SMILES string of the molecule is O=S(=O)(F)/C=C/c1ccc([SeH])cc1. The van der Waals surface area contributed by atoms with Crippen LogP contribution in [0.5, 0.6) is 0 Å². The van der Waals surface area contributed by atoms with Crippen LogP contribution in [0.2, 0.25) is 0 Å². The monoisotopic (exact) mass is 266 g/mol. The van der Waals surface area contributed by atoms with Gasteiger partial charge in [0, 0.05) is 0 Å². The van der Waals surface area contributed by atoms with Crippen LogP contribution in [0.3, 0.4) is 0 Å². The fraction of sp³-hybridized carbons (Fsp3) is 0. The van der Waals surface area contributed by atoms with Crippen LogP contribution in [0.4, 0.5) is 3.89 Å². The summed E-state index contributed by atoms with van der Waals surface area (Å²) in [6.07, 6.45) is 1.21. The van der Waals surface area contributed by atoms with E-state index < -0.39 is 10.2 Å². The van der Waals surface area contributed by atoms with Crippen molar-refractivity contribution in [2.24, 2.45) is 0 Å². The molecule has 5 heteroatoms. The molecule has 0 amide bonds. The van der Waals surface area contributed by atoms with E-state index in [1.54, 1.807) is 24.3 Å². The number of benzene rings is 1. The molecule has 0 aliphatic carbocycles. The fourth-order valence-corrected chi connectivity index (χ4v) is 1.38. The molecule has 0 aliphatic rings. The van der Waals surface area contributed by atoms with Gasteiger partial charge in [0.25, 0.3) is 0 Å². The van der Waals surface area contributed by atoms with Crippen LogP contribution in [0.1, 0.15) is 5.56 Å². The molecule has 0 bridgehead atoms. The molecule has 0 saturated carbocycles. The molecule has 2 nitrogen and oxygen atoms in total. The molecule has 1 rings (SSSR count). The van der Waals surface area contributed by atoms with Crippen molar-refractivity contribution in [3.8, 4) is 0 Å². The Hall–Kier alpha value is -0.641. The molecule has 70 valence electrons. The molecule has 13 heavy (non-hydrogen) atoms. The molecule has 0 aromatic heterocycles. The van der Waals surface area contributed by atoms with E-state index in [1.165, 1.54) is 6.08 Å². The van der Waals surface area contributed by atoms with E-state index in [-0.39, 0.29) is 0 Å². The van der Waals surface area contributed by atoms with Gasteiger partial charge in [0.05, 0.1) is 0 Å². The third-order valence-electron chi connectivity index (χ3n) is 1.32. The van der Waals surface area contributed by atoms with Crippen LogP contribution in [0.25, 0.3) is 6.08 Å². The Morgan fingerprint density at radius 2 is 1.77 bits per heavy atom. The van der Waals surface area contributed by atoms with Gasteiger partial charge >= 0.3 is 84.3 Å². The minimum atomic E-state index is -4.52. The maximum atomic E-state index is 12.0. The number of rotatable bonds is 2. The van der Waals surface area contributed by atoms with Crippen molar-refractivity contribution in [2.75, 3.05) is 0 Å². The molecular formula is C8H7FO2SSe. The van der Waals surface area contributed by atoms with Gasteiger partial charge in [0.15, 0.2) is 0 Å². The first-order valence-corrected chi connectivity index (χ1v) is 5.78. The molecule has 0 N–H and O–H groups in total. The molecule has 0 saturated heterocycles. The third kappa shape index (κ3) is 4.22. The average molecular weight is 265 g/mol. The van der Waals surface area contributed by atoms with E-state index in [0.717, 1.165) is 4.46 Å². The second-order valence-corrected chi connectivity index (χ2v) is 4.68. The van der Waals surface area contributed by atoms with E-state index in [2.05, 4.69) is 16.0 Å². The zero-order chi connectivity index (χ0) is 9.90. The van der Waals surface area contributed by atoms with Gasteiger partial charge in [-0.2, -0.15) is 0 Å². The van der Waals surface area contributed by atoms with E-state index in [4.69, 9.17) is 0 Å². The fourth-order valence-electron chi connectivity index (χ4n) is 0.745. The summed E-state index contributed by atoms with van der Waals surface area (Å²) >= 11 is 2.35. The van der Waals surface area contributed by atoms with Gasteiger partial charge in [0.2, 0.25) is 0 Å². The van der Waals surface area contributed by atoms with Gasteiger partial charge in [-0.05, 0) is 0 Å².